The Bertz CT molecular complexity index is 361. The number of carbonyl (C=O) groups excluding carboxylic acids is 2. The Morgan fingerprint density at radius 2 is 1.89 bits per heavy atom. The van der Waals surface area contributed by atoms with Crippen LogP contribution in [0.2, 0.25) is 0 Å². The van der Waals surface area contributed by atoms with Crippen molar-refractivity contribution in [2.24, 2.45) is 5.73 Å². The van der Waals surface area contributed by atoms with Gasteiger partial charge in [-0.25, -0.2) is 0 Å². The van der Waals surface area contributed by atoms with E-state index in [4.69, 9.17) is 15.3 Å². The molecule has 0 unspecified atom stereocenters. The van der Waals surface area contributed by atoms with Gasteiger partial charge in [0.15, 0.2) is 0 Å². The summed E-state index contributed by atoms with van der Waals surface area (Å²) in [6.07, 6.45) is -5.08. The SMILES string of the molecule is N=C(NNC(=O)C(N)=O)[C@H]1O[C@@H](CO)[C@H](O)[C@@H]1O. The average molecular weight is 262 g/mol. The molecule has 0 saturated carbocycles. The summed E-state index contributed by atoms with van der Waals surface area (Å²) in [7, 11) is 0. The smallest absolute Gasteiger partial charge is 0.327 e. The third-order valence-corrected chi connectivity index (χ3v) is 2.36. The van der Waals surface area contributed by atoms with Crippen LogP contribution >= 0.6 is 0 Å². The first-order valence-corrected chi connectivity index (χ1v) is 4.95. The van der Waals surface area contributed by atoms with E-state index >= 15 is 0 Å². The van der Waals surface area contributed by atoms with Gasteiger partial charge in [-0.05, 0) is 0 Å². The van der Waals surface area contributed by atoms with Gasteiger partial charge >= 0.3 is 11.8 Å². The summed E-state index contributed by atoms with van der Waals surface area (Å²) in [6.45, 7) is -0.532. The molecule has 2 amide bonds. The average Bonchev–Trinajstić information content (AvgIpc) is 2.62. The van der Waals surface area contributed by atoms with E-state index in [1.54, 1.807) is 5.43 Å². The number of primary amides is 1. The van der Waals surface area contributed by atoms with Crippen molar-refractivity contribution in [3.05, 3.63) is 0 Å². The number of hydrogen-bond acceptors (Lipinski definition) is 7. The zero-order valence-electron chi connectivity index (χ0n) is 9.16. The summed E-state index contributed by atoms with van der Waals surface area (Å²) < 4.78 is 4.99. The number of hydrogen-bond donors (Lipinski definition) is 7. The minimum Gasteiger partial charge on any atom is -0.394 e. The normalized spacial score (nSPS) is 30.8. The number of nitrogens with two attached hydrogens (primary N) is 1. The molecule has 8 N–H and O–H groups in total. The molecule has 1 heterocycles. The van der Waals surface area contributed by atoms with Crippen molar-refractivity contribution in [3.8, 4) is 0 Å². The van der Waals surface area contributed by atoms with Crippen molar-refractivity contribution in [2.45, 2.75) is 24.4 Å². The van der Waals surface area contributed by atoms with Crippen molar-refractivity contribution >= 4 is 17.6 Å². The van der Waals surface area contributed by atoms with Gasteiger partial charge in [0.25, 0.3) is 0 Å². The highest BCUT2D eigenvalue weighted by atomic mass is 16.6. The molecule has 10 heteroatoms. The highest BCUT2D eigenvalue weighted by Crippen LogP contribution is 2.20. The van der Waals surface area contributed by atoms with E-state index in [0.717, 1.165) is 0 Å². The maximum Gasteiger partial charge on any atom is 0.327 e. The van der Waals surface area contributed by atoms with Gasteiger partial charge in [-0.15, -0.1) is 0 Å². The van der Waals surface area contributed by atoms with Crippen molar-refractivity contribution in [1.29, 1.82) is 5.41 Å². The van der Waals surface area contributed by atoms with Crippen molar-refractivity contribution in [2.75, 3.05) is 6.61 Å². The fourth-order valence-electron chi connectivity index (χ4n) is 1.39. The second-order valence-electron chi connectivity index (χ2n) is 3.62. The van der Waals surface area contributed by atoms with Crippen LogP contribution in [-0.4, -0.2) is 64.0 Å². The quantitative estimate of drug-likeness (QED) is 0.113. The fraction of sp³-hybridized carbons (Fsp3) is 0.625. The van der Waals surface area contributed by atoms with Crippen LogP contribution in [0.3, 0.4) is 0 Å². The molecule has 10 nitrogen and oxygen atoms in total. The molecule has 0 bridgehead atoms. The molecule has 0 spiro atoms. The molecular formula is C8H14N4O6. The van der Waals surface area contributed by atoms with Gasteiger partial charge in [0.05, 0.1) is 6.61 Å². The van der Waals surface area contributed by atoms with Crippen molar-refractivity contribution in [3.63, 3.8) is 0 Å². The van der Waals surface area contributed by atoms with Gasteiger partial charge in [-0.3, -0.25) is 25.8 Å². The minimum absolute atomic E-state index is 0.493. The van der Waals surface area contributed by atoms with Crippen LogP contribution in [0.5, 0.6) is 0 Å². The molecule has 0 aromatic carbocycles. The van der Waals surface area contributed by atoms with Crippen LogP contribution in [0.15, 0.2) is 0 Å². The summed E-state index contributed by atoms with van der Waals surface area (Å²) >= 11 is 0. The highest BCUT2D eigenvalue weighted by Gasteiger charge is 2.44. The number of rotatable bonds is 2. The van der Waals surface area contributed by atoms with E-state index in [2.05, 4.69) is 5.73 Å². The lowest BCUT2D eigenvalue weighted by molar-refractivity contribution is -0.137. The van der Waals surface area contributed by atoms with E-state index in [0.29, 0.717) is 0 Å². The lowest BCUT2D eigenvalue weighted by Gasteiger charge is -2.17. The Hall–Kier alpha value is -1.75. The predicted octanol–water partition coefficient (Wildman–Crippen LogP) is -4.45. The lowest BCUT2D eigenvalue weighted by atomic mass is 10.1. The first-order chi connectivity index (χ1) is 8.38. The molecule has 1 rings (SSSR count). The lowest BCUT2D eigenvalue weighted by Crippen LogP contribution is -2.52. The summed E-state index contributed by atoms with van der Waals surface area (Å²) in [6, 6.07) is 0. The van der Waals surface area contributed by atoms with Gasteiger partial charge in [0.1, 0.15) is 30.3 Å². The number of aliphatic hydroxyl groups excluding tert-OH is 3. The van der Waals surface area contributed by atoms with E-state index < -0.39 is 48.7 Å². The number of amidine groups is 1. The molecular weight excluding hydrogens is 248 g/mol. The van der Waals surface area contributed by atoms with Gasteiger partial charge < -0.3 is 25.8 Å². The van der Waals surface area contributed by atoms with E-state index in [9.17, 15) is 19.8 Å². The van der Waals surface area contributed by atoms with E-state index in [1.807, 2.05) is 5.43 Å². The molecule has 1 saturated heterocycles. The Balaban J connectivity index is 2.53. The van der Waals surface area contributed by atoms with Crippen molar-refractivity contribution < 1.29 is 29.6 Å². The Kier molecular flexibility index (Phi) is 4.55. The predicted molar refractivity (Wildman–Crippen MR) is 56.0 cm³/mol. The molecule has 0 radical (unpaired) electrons. The Labute approximate surface area is 101 Å². The Morgan fingerprint density at radius 3 is 2.33 bits per heavy atom. The van der Waals surface area contributed by atoms with E-state index in [1.165, 1.54) is 0 Å². The summed E-state index contributed by atoms with van der Waals surface area (Å²) in [4.78, 5) is 21.2. The standard InChI is InChI=1S/C8H14N4O6/c9-6(11-12-8(17)7(10)16)5-4(15)3(14)2(1-13)18-5/h2-5,13-15H,1H2,(H2,9,11)(H2,10,16)(H,12,17)/t2-,3-,4-,5-/m0/s1. The monoisotopic (exact) mass is 262 g/mol. The van der Waals surface area contributed by atoms with E-state index in [-0.39, 0.29) is 0 Å². The number of carbonyl (C=O) groups is 2. The minimum atomic E-state index is -1.44. The largest absolute Gasteiger partial charge is 0.394 e. The second kappa shape index (κ2) is 5.73. The van der Waals surface area contributed by atoms with Gasteiger partial charge in [0.2, 0.25) is 0 Å². The molecule has 0 aliphatic carbocycles. The second-order valence-corrected chi connectivity index (χ2v) is 3.62. The molecule has 1 aliphatic rings. The Morgan fingerprint density at radius 1 is 1.28 bits per heavy atom. The number of ether oxygens (including phenoxy) is 1. The molecule has 1 fully saturated rings. The molecule has 1 aliphatic heterocycles. The van der Waals surface area contributed by atoms with Crippen LogP contribution in [0.1, 0.15) is 0 Å². The fourth-order valence-corrected chi connectivity index (χ4v) is 1.39. The third kappa shape index (κ3) is 2.92. The summed E-state index contributed by atoms with van der Waals surface area (Å²) in [5, 5.41) is 35.2. The van der Waals surface area contributed by atoms with Gasteiger partial charge in [0, 0.05) is 0 Å². The molecule has 18 heavy (non-hydrogen) atoms. The molecule has 0 aromatic heterocycles. The number of amides is 2. The topological polar surface area (TPSA) is 178 Å². The van der Waals surface area contributed by atoms with Gasteiger partial charge in [-0.2, -0.15) is 0 Å². The van der Waals surface area contributed by atoms with Crippen LogP contribution in [0.4, 0.5) is 0 Å². The summed E-state index contributed by atoms with van der Waals surface area (Å²) in [5.41, 5.74) is 8.46. The van der Waals surface area contributed by atoms with Crippen molar-refractivity contribution in [1.82, 2.24) is 10.9 Å². The van der Waals surface area contributed by atoms with Crippen LogP contribution in [-0.2, 0) is 14.3 Å². The van der Waals surface area contributed by atoms with Crippen LogP contribution < -0.4 is 16.6 Å². The number of hydrazine groups is 1. The zero-order valence-corrected chi connectivity index (χ0v) is 9.16. The maximum absolute atomic E-state index is 10.8. The first kappa shape index (κ1) is 14.3. The summed E-state index contributed by atoms with van der Waals surface area (Å²) in [5.74, 6) is -2.92. The van der Waals surface area contributed by atoms with Gasteiger partial charge in [-0.1, -0.05) is 0 Å². The first-order valence-electron chi connectivity index (χ1n) is 4.95. The highest BCUT2D eigenvalue weighted by molar-refractivity contribution is 6.34. The number of aliphatic hydroxyl groups is 3. The third-order valence-electron chi connectivity index (χ3n) is 2.36. The molecule has 102 valence electrons. The zero-order chi connectivity index (χ0) is 13.9. The number of nitrogens with one attached hydrogen (secondary N) is 3. The van der Waals surface area contributed by atoms with Crippen LogP contribution in [0.25, 0.3) is 0 Å². The molecule has 0 aromatic rings. The maximum atomic E-state index is 10.8. The molecule has 4 atom stereocenters. The van der Waals surface area contributed by atoms with Crippen LogP contribution in [0, 0.1) is 5.41 Å².